The van der Waals surface area contributed by atoms with Gasteiger partial charge in [0.05, 0.1) is 14.2 Å². The zero-order chi connectivity index (χ0) is 23.6. The maximum absolute atomic E-state index is 12.8. The van der Waals surface area contributed by atoms with Crippen LogP contribution in [0.25, 0.3) is 16.9 Å². The normalized spacial score (nSPS) is 15.4. The van der Waals surface area contributed by atoms with Gasteiger partial charge in [0, 0.05) is 30.2 Å². The van der Waals surface area contributed by atoms with Crippen molar-refractivity contribution >= 4 is 17.5 Å². The van der Waals surface area contributed by atoms with Crippen molar-refractivity contribution in [1.29, 1.82) is 0 Å². The zero-order valence-electron chi connectivity index (χ0n) is 18.9. The summed E-state index contributed by atoms with van der Waals surface area (Å²) in [6, 6.07) is 19.5. The number of esters is 2. The summed E-state index contributed by atoms with van der Waals surface area (Å²) in [7, 11) is 4.15. The second-order valence-corrected chi connectivity index (χ2v) is 8.06. The fourth-order valence-corrected chi connectivity index (χ4v) is 4.66. The topological polar surface area (TPSA) is 75.0 Å². The van der Waals surface area contributed by atoms with Crippen molar-refractivity contribution in [2.75, 3.05) is 21.3 Å². The number of benzene rings is 2. The highest BCUT2D eigenvalue weighted by atomic mass is 16.5. The van der Waals surface area contributed by atoms with Crippen LogP contribution in [0.5, 0.6) is 0 Å². The minimum atomic E-state index is -1.55. The number of carbonyl (C=O) groups excluding carboxylic acids is 2. The van der Waals surface area contributed by atoms with Gasteiger partial charge >= 0.3 is 11.9 Å². The first-order chi connectivity index (χ1) is 16.0. The summed E-state index contributed by atoms with van der Waals surface area (Å²) < 4.78 is 22.3. The monoisotopic (exact) mass is 446 g/mol. The molecule has 0 aliphatic heterocycles. The van der Waals surface area contributed by atoms with E-state index in [-0.39, 0.29) is 12.8 Å². The van der Waals surface area contributed by atoms with Crippen LogP contribution in [0, 0.1) is 5.41 Å². The van der Waals surface area contributed by atoms with E-state index in [1.807, 2.05) is 60.7 Å². The van der Waals surface area contributed by atoms with Gasteiger partial charge in [-0.2, -0.15) is 0 Å². The molecule has 1 aliphatic rings. The van der Waals surface area contributed by atoms with E-state index in [1.165, 1.54) is 14.2 Å². The van der Waals surface area contributed by atoms with Crippen molar-refractivity contribution in [1.82, 2.24) is 0 Å². The maximum atomic E-state index is 12.8. The molecule has 2 aromatic carbocycles. The molecule has 0 radical (unpaired) electrons. The Morgan fingerprint density at radius 3 is 2.03 bits per heavy atom. The standard InChI is InChI=1S/C27H26O6/c1-17-15-27(25(28)31-3,26(29)32-4)16-20-21(17)22(23(30-2)18-11-7-5-8-12-18)24(33-20)19-13-9-6-10-14-19/h5-14,23H,1,15-16H2,2-4H3. The van der Waals surface area contributed by atoms with E-state index in [4.69, 9.17) is 18.6 Å². The Balaban J connectivity index is 1.96. The quantitative estimate of drug-likeness (QED) is 0.393. The van der Waals surface area contributed by atoms with E-state index in [2.05, 4.69) is 6.58 Å². The predicted molar refractivity (Wildman–Crippen MR) is 123 cm³/mol. The van der Waals surface area contributed by atoms with E-state index >= 15 is 0 Å². The highest BCUT2D eigenvalue weighted by Crippen LogP contribution is 2.50. The van der Waals surface area contributed by atoms with Crippen molar-refractivity contribution in [2.45, 2.75) is 18.9 Å². The molecule has 1 aromatic heterocycles. The minimum absolute atomic E-state index is 0.00571. The van der Waals surface area contributed by atoms with Crippen LogP contribution in [0.4, 0.5) is 0 Å². The number of allylic oxidation sites excluding steroid dienone is 1. The number of ether oxygens (including phenoxy) is 3. The molecular weight excluding hydrogens is 420 g/mol. The van der Waals surface area contributed by atoms with Crippen LogP contribution in [0.2, 0.25) is 0 Å². The predicted octanol–water partition coefficient (Wildman–Crippen LogP) is 4.97. The summed E-state index contributed by atoms with van der Waals surface area (Å²) in [6.45, 7) is 4.23. The van der Waals surface area contributed by atoms with Crippen molar-refractivity contribution < 1.29 is 28.2 Å². The van der Waals surface area contributed by atoms with Crippen LogP contribution in [0.15, 0.2) is 71.7 Å². The summed E-state index contributed by atoms with van der Waals surface area (Å²) in [5.74, 6) is -0.254. The fourth-order valence-electron chi connectivity index (χ4n) is 4.66. The number of methoxy groups -OCH3 is 3. The van der Waals surface area contributed by atoms with E-state index in [0.29, 0.717) is 17.1 Å². The lowest BCUT2D eigenvalue weighted by Crippen LogP contribution is -2.45. The van der Waals surface area contributed by atoms with Gasteiger partial charge in [0.25, 0.3) is 0 Å². The van der Waals surface area contributed by atoms with E-state index in [0.717, 1.165) is 22.3 Å². The van der Waals surface area contributed by atoms with E-state index in [9.17, 15) is 9.59 Å². The van der Waals surface area contributed by atoms with Crippen molar-refractivity contribution in [3.05, 3.63) is 89.7 Å². The van der Waals surface area contributed by atoms with Gasteiger partial charge in [-0.15, -0.1) is 0 Å². The van der Waals surface area contributed by atoms with Crippen molar-refractivity contribution in [3.63, 3.8) is 0 Å². The molecule has 1 unspecified atom stereocenters. The van der Waals surface area contributed by atoms with Gasteiger partial charge in [0.15, 0.2) is 5.41 Å². The second-order valence-electron chi connectivity index (χ2n) is 8.06. The zero-order valence-corrected chi connectivity index (χ0v) is 18.9. The summed E-state index contributed by atoms with van der Waals surface area (Å²) in [6.07, 6.45) is -0.369. The van der Waals surface area contributed by atoms with Crippen LogP contribution < -0.4 is 0 Å². The summed E-state index contributed by atoms with van der Waals surface area (Å²) in [4.78, 5) is 25.6. The van der Waals surface area contributed by atoms with Crippen LogP contribution in [-0.2, 0) is 30.2 Å². The van der Waals surface area contributed by atoms with Gasteiger partial charge < -0.3 is 18.6 Å². The molecular formula is C27H26O6. The van der Waals surface area contributed by atoms with Gasteiger partial charge in [-0.25, -0.2) is 0 Å². The molecule has 4 rings (SSSR count). The van der Waals surface area contributed by atoms with Crippen LogP contribution >= 0.6 is 0 Å². The number of rotatable bonds is 6. The van der Waals surface area contributed by atoms with Gasteiger partial charge in [-0.3, -0.25) is 9.59 Å². The first kappa shape index (κ1) is 22.6. The molecule has 0 saturated heterocycles. The second kappa shape index (κ2) is 9.08. The molecule has 6 heteroatoms. The number of hydrogen-bond donors (Lipinski definition) is 0. The Morgan fingerprint density at radius 2 is 1.48 bits per heavy atom. The first-order valence-electron chi connectivity index (χ1n) is 10.6. The maximum Gasteiger partial charge on any atom is 0.324 e. The lowest BCUT2D eigenvalue weighted by Gasteiger charge is -2.32. The van der Waals surface area contributed by atoms with E-state index in [1.54, 1.807) is 7.11 Å². The molecule has 6 nitrogen and oxygen atoms in total. The Morgan fingerprint density at radius 1 is 0.909 bits per heavy atom. The summed E-state index contributed by atoms with van der Waals surface area (Å²) in [5.41, 5.74) is 2.43. The Labute approximate surface area is 192 Å². The SMILES string of the molecule is C=C1CC(C(=O)OC)(C(=O)OC)Cc2oc(-c3ccccc3)c(C(OC)c3ccccc3)c21. The van der Waals surface area contributed by atoms with Gasteiger partial charge in [0.2, 0.25) is 0 Å². The largest absolute Gasteiger partial charge is 0.468 e. The molecule has 1 aliphatic carbocycles. The molecule has 3 aromatic rings. The first-order valence-corrected chi connectivity index (χ1v) is 10.6. The Hall–Kier alpha value is -3.64. The molecule has 0 fully saturated rings. The molecule has 170 valence electrons. The molecule has 33 heavy (non-hydrogen) atoms. The smallest absolute Gasteiger partial charge is 0.324 e. The third-order valence-electron chi connectivity index (χ3n) is 6.14. The Bertz CT molecular complexity index is 1160. The molecule has 0 amide bonds. The molecule has 1 heterocycles. The van der Waals surface area contributed by atoms with Crippen LogP contribution in [-0.4, -0.2) is 33.3 Å². The van der Waals surface area contributed by atoms with Crippen molar-refractivity contribution in [3.8, 4) is 11.3 Å². The molecule has 0 N–H and O–H groups in total. The number of furan rings is 1. The molecule has 0 bridgehead atoms. The Kier molecular flexibility index (Phi) is 6.20. The summed E-state index contributed by atoms with van der Waals surface area (Å²) >= 11 is 0. The average molecular weight is 446 g/mol. The third kappa shape index (κ3) is 3.76. The highest BCUT2D eigenvalue weighted by Gasteiger charge is 2.53. The fraction of sp³-hybridized carbons (Fsp3) is 0.259. The van der Waals surface area contributed by atoms with Gasteiger partial charge in [0.1, 0.15) is 17.6 Å². The van der Waals surface area contributed by atoms with Gasteiger partial charge in [-0.05, 0) is 17.6 Å². The van der Waals surface area contributed by atoms with Crippen LogP contribution in [0.3, 0.4) is 0 Å². The summed E-state index contributed by atoms with van der Waals surface area (Å²) in [5, 5.41) is 0. The lowest BCUT2D eigenvalue weighted by atomic mass is 9.70. The third-order valence-corrected chi connectivity index (χ3v) is 6.14. The molecule has 0 spiro atoms. The number of carbonyl (C=O) groups is 2. The molecule has 1 atom stereocenters. The minimum Gasteiger partial charge on any atom is -0.468 e. The number of hydrogen-bond acceptors (Lipinski definition) is 6. The van der Waals surface area contributed by atoms with Crippen LogP contribution in [0.1, 0.15) is 35.0 Å². The number of fused-ring (bicyclic) bond motifs is 1. The van der Waals surface area contributed by atoms with Gasteiger partial charge in [-0.1, -0.05) is 67.2 Å². The molecule has 0 saturated carbocycles. The average Bonchev–Trinajstić information content (AvgIpc) is 3.24. The highest BCUT2D eigenvalue weighted by molar-refractivity contribution is 6.03. The van der Waals surface area contributed by atoms with Crippen molar-refractivity contribution in [2.24, 2.45) is 5.41 Å². The lowest BCUT2D eigenvalue weighted by molar-refractivity contribution is -0.169. The van der Waals surface area contributed by atoms with E-state index < -0.39 is 23.5 Å².